The second-order valence-corrected chi connectivity index (χ2v) is 4.48. The predicted octanol–water partition coefficient (Wildman–Crippen LogP) is 3.43. The highest BCUT2D eigenvalue weighted by Crippen LogP contribution is 2.18. The first-order valence-corrected chi connectivity index (χ1v) is 6.52. The molecule has 0 aliphatic rings. The minimum Gasteiger partial charge on any atom is -0.351 e. The molecule has 1 aromatic carbocycles. The molecule has 2 rings (SSSR count). The Morgan fingerprint density at radius 1 is 1.32 bits per heavy atom. The molecule has 4 nitrogen and oxygen atoms in total. The zero-order valence-corrected chi connectivity index (χ0v) is 11.3. The van der Waals surface area contributed by atoms with Crippen LogP contribution in [0.1, 0.15) is 36.0 Å². The lowest BCUT2D eigenvalue weighted by Gasteiger charge is -2.21. The lowest BCUT2D eigenvalue weighted by atomic mass is 10.2. The van der Waals surface area contributed by atoms with Gasteiger partial charge in [0.1, 0.15) is 0 Å². The summed E-state index contributed by atoms with van der Waals surface area (Å²) < 4.78 is 5.07. The monoisotopic (exact) mass is 258 g/mol. The molecule has 0 aliphatic carbocycles. The van der Waals surface area contributed by atoms with E-state index in [9.17, 15) is 4.79 Å². The Hall–Kier alpha value is -2.10. The van der Waals surface area contributed by atoms with Gasteiger partial charge in [-0.1, -0.05) is 36.7 Å². The average molecular weight is 258 g/mol. The molecule has 19 heavy (non-hydrogen) atoms. The summed E-state index contributed by atoms with van der Waals surface area (Å²) in [5, 5.41) is 3.77. The van der Waals surface area contributed by atoms with Gasteiger partial charge < -0.3 is 9.42 Å². The van der Waals surface area contributed by atoms with Crippen molar-refractivity contribution < 1.29 is 9.32 Å². The first kappa shape index (κ1) is 13.3. The van der Waals surface area contributed by atoms with Crippen molar-refractivity contribution in [2.24, 2.45) is 0 Å². The molecule has 100 valence electrons. The molecule has 0 atom stereocenters. The summed E-state index contributed by atoms with van der Waals surface area (Å²) >= 11 is 0. The Balaban J connectivity index is 2.25. The minimum atomic E-state index is -0.139. The number of amides is 1. The van der Waals surface area contributed by atoms with Gasteiger partial charge in [-0.05, 0) is 25.5 Å². The molecule has 1 heterocycles. The van der Waals surface area contributed by atoms with Gasteiger partial charge in [0, 0.05) is 18.3 Å². The van der Waals surface area contributed by atoms with E-state index in [4.69, 9.17) is 4.52 Å². The molecule has 0 N–H and O–H groups in total. The van der Waals surface area contributed by atoms with Gasteiger partial charge in [-0.2, -0.15) is 0 Å². The molecule has 0 fully saturated rings. The highest BCUT2D eigenvalue weighted by molar-refractivity contribution is 6.04. The second-order valence-electron chi connectivity index (χ2n) is 4.48. The maximum Gasteiger partial charge on any atom is 0.296 e. The van der Waals surface area contributed by atoms with Crippen LogP contribution in [0.5, 0.6) is 0 Å². The Morgan fingerprint density at radius 2 is 2.05 bits per heavy atom. The van der Waals surface area contributed by atoms with Crippen molar-refractivity contribution in [1.82, 2.24) is 5.16 Å². The maximum absolute atomic E-state index is 12.5. The summed E-state index contributed by atoms with van der Waals surface area (Å²) in [7, 11) is 0. The van der Waals surface area contributed by atoms with Crippen LogP contribution in [0.15, 0.2) is 40.9 Å². The van der Waals surface area contributed by atoms with Gasteiger partial charge in [0.15, 0.2) is 0 Å². The van der Waals surface area contributed by atoms with E-state index < -0.39 is 0 Å². The van der Waals surface area contributed by atoms with Gasteiger partial charge in [-0.15, -0.1) is 0 Å². The smallest absolute Gasteiger partial charge is 0.296 e. The fourth-order valence-electron chi connectivity index (χ4n) is 1.87. The van der Waals surface area contributed by atoms with Crippen molar-refractivity contribution in [3.05, 3.63) is 47.9 Å². The Labute approximate surface area is 113 Å². The number of benzene rings is 1. The molecule has 0 saturated carbocycles. The summed E-state index contributed by atoms with van der Waals surface area (Å²) in [4.78, 5) is 14.2. The van der Waals surface area contributed by atoms with Crippen molar-refractivity contribution >= 4 is 11.6 Å². The van der Waals surface area contributed by atoms with E-state index in [-0.39, 0.29) is 11.7 Å². The molecular weight excluding hydrogens is 240 g/mol. The number of para-hydroxylation sites is 1. The van der Waals surface area contributed by atoms with Gasteiger partial charge in [-0.25, -0.2) is 0 Å². The topological polar surface area (TPSA) is 46.3 Å². The molecule has 0 saturated heterocycles. The summed E-state index contributed by atoms with van der Waals surface area (Å²) in [6.45, 7) is 4.59. The number of carbonyl (C=O) groups is 1. The number of anilines is 1. The van der Waals surface area contributed by atoms with Gasteiger partial charge in [0.05, 0.1) is 5.69 Å². The molecule has 4 heteroatoms. The van der Waals surface area contributed by atoms with Crippen molar-refractivity contribution in [2.45, 2.75) is 26.7 Å². The van der Waals surface area contributed by atoms with Crippen LogP contribution < -0.4 is 4.90 Å². The Kier molecular flexibility index (Phi) is 4.34. The highest BCUT2D eigenvalue weighted by atomic mass is 16.5. The van der Waals surface area contributed by atoms with Crippen molar-refractivity contribution in [3.8, 4) is 0 Å². The van der Waals surface area contributed by atoms with E-state index in [1.165, 1.54) is 0 Å². The van der Waals surface area contributed by atoms with E-state index in [1.54, 1.807) is 17.9 Å². The van der Waals surface area contributed by atoms with Crippen molar-refractivity contribution in [3.63, 3.8) is 0 Å². The van der Waals surface area contributed by atoms with Crippen LogP contribution in [0, 0.1) is 6.92 Å². The van der Waals surface area contributed by atoms with E-state index in [0.29, 0.717) is 12.2 Å². The third-order valence-electron chi connectivity index (χ3n) is 2.89. The molecule has 0 spiro atoms. The fourth-order valence-corrected chi connectivity index (χ4v) is 1.87. The van der Waals surface area contributed by atoms with Crippen LogP contribution in [-0.2, 0) is 0 Å². The number of carbonyl (C=O) groups excluding carboxylic acids is 1. The highest BCUT2D eigenvalue weighted by Gasteiger charge is 2.20. The third-order valence-corrected chi connectivity index (χ3v) is 2.89. The van der Waals surface area contributed by atoms with Crippen LogP contribution >= 0.6 is 0 Å². The Bertz CT molecular complexity index is 534. The van der Waals surface area contributed by atoms with Gasteiger partial charge >= 0.3 is 0 Å². The molecule has 0 aliphatic heterocycles. The van der Waals surface area contributed by atoms with Gasteiger partial charge in [0.2, 0.25) is 5.76 Å². The van der Waals surface area contributed by atoms with Gasteiger partial charge in [0.25, 0.3) is 5.91 Å². The molecule has 0 radical (unpaired) electrons. The number of aryl methyl sites for hydroxylation is 1. The van der Waals surface area contributed by atoms with Crippen molar-refractivity contribution in [2.75, 3.05) is 11.4 Å². The van der Waals surface area contributed by atoms with E-state index >= 15 is 0 Å². The van der Waals surface area contributed by atoms with Crippen LogP contribution in [0.3, 0.4) is 0 Å². The van der Waals surface area contributed by atoms with E-state index in [2.05, 4.69) is 12.1 Å². The number of hydrogen-bond acceptors (Lipinski definition) is 3. The third kappa shape index (κ3) is 3.22. The number of hydrogen-bond donors (Lipinski definition) is 0. The average Bonchev–Trinajstić information content (AvgIpc) is 2.87. The Morgan fingerprint density at radius 3 is 2.63 bits per heavy atom. The summed E-state index contributed by atoms with van der Waals surface area (Å²) in [5.74, 6) is 0.151. The molecule has 2 aromatic rings. The van der Waals surface area contributed by atoms with Crippen LogP contribution in [0.25, 0.3) is 0 Å². The predicted molar refractivity (Wildman–Crippen MR) is 74.3 cm³/mol. The lowest BCUT2D eigenvalue weighted by Crippen LogP contribution is -2.31. The first-order chi connectivity index (χ1) is 9.22. The number of nitrogens with zero attached hydrogens (tertiary/aromatic N) is 2. The maximum atomic E-state index is 12.5. The standard InChI is InChI=1S/C15H18N2O2/c1-3-4-10-17(13-8-6-5-7-9-13)15(18)14-11-12(2)16-19-14/h5-9,11H,3-4,10H2,1-2H3. The SMILES string of the molecule is CCCCN(C(=O)c1cc(C)no1)c1ccccc1. The zero-order chi connectivity index (χ0) is 13.7. The largest absolute Gasteiger partial charge is 0.351 e. The lowest BCUT2D eigenvalue weighted by molar-refractivity contribution is 0.0951. The minimum absolute atomic E-state index is 0.139. The second kappa shape index (κ2) is 6.18. The quantitative estimate of drug-likeness (QED) is 0.825. The van der Waals surface area contributed by atoms with E-state index in [1.807, 2.05) is 30.3 Å². The molecule has 1 aromatic heterocycles. The number of aromatic nitrogens is 1. The summed E-state index contributed by atoms with van der Waals surface area (Å²) in [6.07, 6.45) is 1.99. The number of unbranched alkanes of at least 4 members (excludes halogenated alkanes) is 1. The van der Waals surface area contributed by atoms with Crippen LogP contribution in [0.2, 0.25) is 0 Å². The molecule has 1 amide bonds. The summed E-state index contributed by atoms with van der Waals surface area (Å²) in [5.41, 5.74) is 1.60. The first-order valence-electron chi connectivity index (χ1n) is 6.52. The molecule has 0 bridgehead atoms. The molecule has 0 unspecified atom stereocenters. The van der Waals surface area contributed by atoms with Crippen LogP contribution in [-0.4, -0.2) is 17.6 Å². The zero-order valence-electron chi connectivity index (χ0n) is 11.3. The van der Waals surface area contributed by atoms with Gasteiger partial charge in [-0.3, -0.25) is 4.79 Å². The number of rotatable bonds is 5. The van der Waals surface area contributed by atoms with E-state index in [0.717, 1.165) is 18.5 Å². The molecular formula is C15H18N2O2. The van der Waals surface area contributed by atoms with Crippen molar-refractivity contribution in [1.29, 1.82) is 0 Å². The summed E-state index contributed by atoms with van der Waals surface area (Å²) in [6, 6.07) is 11.3. The normalized spacial score (nSPS) is 10.4. The van der Waals surface area contributed by atoms with Crippen LogP contribution in [0.4, 0.5) is 5.69 Å². The fraction of sp³-hybridized carbons (Fsp3) is 0.333.